The number of fused-ring (bicyclic) bond motifs is 2. The molecular weight excluding hydrogens is 514 g/mol. The standard InChI is InChI=1S/C26H30N4O3.C4H9N.C3H6/c1-28-17-21(18-7-5-6-10-22(18)28)24-23(26(32)29-13-11-27-12-14-29)19-8-3-4-9-20(19)25(31)30(24)15-16-33-2;1-3-4-5-2;1-3-2/h3-10,17,23-24,27H,11-16H2,1-2H3;3-5H,1-2H3;3H,1H2,2H3/b;4-3-;. The van der Waals surface area contributed by atoms with Crippen molar-refractivity contribution in [1.82, 2.24) is 25.0 Å². The van der Waals surface area contributed by atoms with Gasteiger partial charge in [-0.05, 0) is 37.7 Å². The molecule has 8 heteroatoms. The lowest BCUT2D eigenvalue weighted by molar-refractivity contribution is -0.135. The Bertz CT molecular complexity index is 1330. The molecule has 3 heterocycles. The van der Waals surface area contributed by atoms with E-state index in [0.29, 0.717) is 31.8 Å². The van der Waals surface area contributed by atoms with Crippen molar-refractivity contribution in [2.45, 2.75) is 25.8 Å². The molecule has 2 N–H and O–H groups in total. The smallest absolute Gasteiger partial charge is 0.254 e. The van der Waals surface area contributed by atoms with Gasteiger partial charge < -0.3 is 29.7 Å². The Kier molecular flexibility index (Phi) is 12.2. The number of ether oxygens (including phenoxy) is 1. The number of nitrogens with zero attached hydrogens (tertiary/aromatic N) is 3. The second kappa shape index (κ2) is 15.8. The molecule has 2 aliphatic heterocycles. The van der Waals surface area contributed by atoms with Crippen LogP contribution >= 0.6 is 0 Å². The van der Waals surface area contributed by atoms with Gasteiger partial charge in [0.2, 0.25) is 5.91 Å². The minimum Gasteiger partial charge on any atom is -0.394 e. The number of methoxy groups -OCH3 is 1. The molecular formula is C33H45N5O3. The Balaban J connectivity index is 0.000000515. The van der Waals surface area contributed by atoms with Crippen molar-refractivity contribution in [3.8, 4) is 0 Å². The number of piperazine rings is 1. The van der Waals surface area contributed by atoms with Crippen molar-refractivity contribution in [3.05, 3.63) is 96.3 Å². The van der Waals surface area contributed by atoms with Crippen molar-refractivity contribution in [2.24, 2.45) is 7.05 Å². The molecule has 1 saturated heterocycles. The van der Waals surface area contributed by atoms with E-state index in [1.165, 1.54) is 0 Å². The fourth-order valence-corrected chi connectivity index (χ4v) is 5.50. The number of nitrogens with one attached hydrogen (secondary N) is 2. The van der Waals surface area contributed by atoms with Crippen LogP contribution in [0.2, 0.25) is 0 Å². The summed E-state index contributed by atoms with van der Waals surface area (Å²) in [6.07, 6.45) is 7.65. The van der Waals surface area contributed by atoms with E-state index in [-0.39, 0.29) is 11.8 Å². The maximum absolute atomic E-state index is 14.1. The van der Waals surface area contributed by atoms with Crippen LogP contribution in [0.15, 0.2) is 79.7 Å². The van der Waals surface area contributed by atoms with Crippen LogP contribution in [0, 0.1) is 0 Å². The summed E-state index contributed by atoms with van der Waals surface area (Å²) in [5, 5.41) is 7.23. The zero-order chi connectivity index (χ0) is 29.8. The average molecular weight is 560 g/mol. The third-order valence-corrected chi connectivity index (χ3v) is 7.25. The highest BCUT2D eigenvalue weighted by Crippen LogP contribution is 2.45. The van der Waals surface area contributed by atoms with Crippen LogP contribution in [-0.4, -0.2) is 79.7 Å². The van der Waals surface area contributed by atoms with E-state index in [1.807, 2.05) is 86.4 Å². The van der Waals surface area contributed by atoms with Crippen molar-refractivity contribution in [2.75, 3.05) is 53.5 Å². The van der Waals surface area contributed by atoms with Crippen molar-refractivity contribution < 1.29 is 14.3 Å². The zero-order valence-electron chi connectivity index (χ0n) is 25.1. The first kappa shape index (κ1) is 31.6. The lowest BCUT2D eigenvalue weighted by Gasteiger charge is -2.43. The van der Waals surface area contributed by atoms with E-state index < -0.39 is 12.0 Å². The van der Waals surface area contributed by atoms with E-state index in [4.69, 9.17) is 4.74 Å². The number of aryl methyl sites for hydroxylation is 1. The van der Waals surface area contributed by atoms with Crippen LogP contribution in [-0.2, 0) is 16.6 Å². The van der Waals surface area contributed by atoms with Crippen molar-refractivity contribution in [1.29, 1.82) is 0 Å². The fraction of sp³-hybridized carbons (Fsp3) is 0.394. The minimum absolute atomic E-state index is 0.0510. The van der Waals surface area contributed by atoms with E-state index in [0.717, 1.165) is 35.1 Å². The third-order valence-electron chi connectivity index (χ3n) is 7.25. The largest absolute Gasteiger partial charge is 0.394 e. The van der Waals surface area contributed by atoms with Gasteiger partial charge in [0.05, 0.1) is 18.6 Å². The van der Waals surface area contributed by atoms with Gasteiger partial charge in [-0.15, -0.1) is 6.58 Å². The molecule has 3 aromatic rings. The normalized spacial score (nSPS) is 18.2. The topological polar surface area (TPSA) is 78.8 Å². The van der Waals surface area contributed by atoms with Gasteiger partial charge in [0.1, 0.15) is 0 Å². The van der Waals surface area contributed by atoms with Gasteiger partial charge >= 0.3 is 0 Å². The molecule has 8 nitrogen and oxygen atoms in total. The van der Waals surface area contributed by atoms with Gasteiger partial charge in [0.25, 0.3) is 5.91 Å². The Morgan fingerprint density at radius 1 is 1.10 bits per heavy atom. The number of hydrogen-bond acceptors (Lipinski definition) is 5. The van der Waals surface area contributed by atoms with Crippen LogP contribution < -0.4 is 10.6 Å². The molecule has 2 atom stereocenters. The van der Waals surface area contributed by atoms with Crippen LogP contribution in [0.25, 0.3) is 10.9 Å². The second-order valence-corrected chi connectivity index (χ2v) is 9.99. The van der Waals surface area contributed by atoms with Gasteiger partial charge in [0.15, 0.2) is 0 Å². The number of carbonyl (C=O) groups is 2. The number of hydrogen-bond donors (Lipinski definition) is 2. The lowest BCUT2D eigenvalue weighted by Crippen LogP contribution is -2.52. The van der Waals surface area contributed by atoms with Crippen LogP contribution in [0.1, 0.15) is 47.3 Å². The third kappa shape index (κ3) is 7.26. The molecule has 0 aliphatic carbocycles. The minimum atomic E-state index is -0.473. The molecule has 0 bridgehead atoms. The molecule has 5 rings (SSSR count). The monoisotopic (exact) mass is 559 g/mol. The van der Waals surface area contributed by atoms with E-state index in [1.54, 1.807) is 13.2 Å². The summed E-state index contributed by atoms with van der Waals surface area (Å²) in [7, 11) is 5.52. The number of benzene rings is 2. The maximum Gasteiger partial charge on any atom is 0.254 e. The van der Waals surface area contributed by atoms with Crippen LogP contribution in [0.4, 0.5) is 0 Å². The molecule has 2 unspecified atom stereocenters. The summed E-state index contributed by atoms with van der Waals surface area (Å²) in [5.74, 6) is -0.443. The summed E-state index contributed by atoms with van der Waals surface area (Å²) >= 11 is 0. The Morgan fingerprint density at radius 2 is 1.76 bits per heavy atom. The fourth-order valence-electron chi connectivity index (χ4n) is 5.50. The Hall–Kier alpha value is -3.88. The summed E-state index contributed by atoms with van der Waals surface area (Å²) < 4.78 is 7.45. The molecule has 0 radical (unpaired) electrons. The van der Waals surface area contributed by atoms with Crippen LogP contribution in [0.3, 0.4) is 0 Å². The molecule has 0 saturated carbocycles. The van der Waals surface area contributed by atoms with Gasteiger partial charge in [-0.2, -0.15) is 0 Å². The van der Waals surface area contributed by atoms with Crippen molar-refractivity contribution >= 4 is 22.7 Å². The van der Waals surface area contributed by atoms with Gasteiger partial charge in [0, 0.05) is 82.2 Å². The molecule has 0 spiro atoms. The first-order valence-corrected chi connectivity index (χ1v) is 14.2. The summed E-state index contributed by atoms with van der Waals surface area (Å²) in [5.41, 5.74) is 3.51. The summed E-state index contributed by atoms with van der Waals surface area (Å²) in [6.45, 7) is 11.0. The number of aromatic nitrogens is 1. The van der Waals surface area contributed by atoms with E-state index in [9.17, 15) is 9.59 Å². The van der Waals surface area contributed by atoms with Crippen LogP contribution in [0.5, 0.6) is 0 Å². The highest BCUT2D eigenvalue weighted by atomic mass is 16.5. The molecule has 1 fully saturated rings. The SMILES string of the molecule is C/C=C\NC.C=CC.COCCN1C(=O)c2ccccc2C(C(=O)N2CCNCC2)C1c1cn(C)c2ccccc12. The number of allylic oxidation sites excluding steroid dienone is 2. The zero-order valence-corrected chi connectivity index (χ0v) is 25.1. The second-order valence-electron chi connectivity index (χ2n) is 9.99. The van der Waals surface area contributed by atoms with Crippen molar-refractivity contribution in [3.63, 3.8) is 0 Å². The molecule has 1 aromatic heterocycles. The summed E-state index contributed by atoms with van der Waals surface area (Å²) in [4.78, 5) is 31.6. The lowest BCUT2D eigenvalue weighted by atomic mass is 9.78. The first-order chi connectivity index (χ1) is 19.9. The predicted molar refractivity (Wildman–Crippen MR) is 167 cm³/mol. The van der Waals surface area contributed by atoms with E-state index in [2.05, 4.69) is 40.1 Å². The maximum atomic E-state index is 14.1. The Morgan fingerprint density at radius 3 is 2.39 bits per heavy atom. The number of amides is 2. The first-order valence-electron chi connectivity index (χ1n) is 14.2. The molecule has 2 aliphatic rings. The Labute approximate surface area is 244 Å². The van der Waals surface area contributed by atoms with Gasteiger partial charge in [-0.1, -0.05) is 48.6 Å². The molecule has 2 aromatic carbocycles. The molecule has 2 amide bonds. The number of rotatable bonds is 6. The highest BCUT2D eigenvalue weighted by Gasteiger charge is 2.46. The predicted octanol–water partition coefficient (Wildman–Crippen LogP) is 4.47. The van der Waals surface area contributed by atoms with Gasteiger partial charge in [-0.3, -0.25) is 9.59 Å². The summed E-state index contributed by atoms with van der Waals surface area (Å²) in [6, 6.07) is 15.4. The molecule has 220 valence electrons. The average Bonchev–Trinajstić information content (AvgIpc) is 3.34. The van der Waals surface area contributed by atoms with Gasteiger partial charge in [-0.25, -0.2) is 0 Å². The van der Waals surface area contributed by atoms with E-state index >= 15 is 0 Å². The molecule has 41 heavy (non-hydrogen) atoms. The quantitative estimate of drug-likeness (QED) is 0.436. The number of carbonyl (C=O) groups excluding carboxylic acids is 2. The number of para-hydroxylation sites is 1. The highest BCUT2D eigenvalue weighted by molar-refractivity contribution is 6.02.